The number of rotatable bonds is 22. The van der Waals surface area contributed by atoms with Gasteiger partial charge in [-0.2, -0.15) is 0 Å². The molecule has 0 N–H and O–H groups in total. The fourth-order valence-electron chi connectivity index (χ4n) is 7.03. The molecule has 0 aromatic rings. The third kappa shape index (κ3) is 10.5. The molecule has 0 aliphatic rings. The topological polar surface area (TPSA) is 60.9 Å². The summed E-state index contributed by atoms with van der Waals surface area (Å²) in [5.41, 5.74) is -1.60. The van der Waals surface area contributed by atoms with Crippen LogP contribution in [0.5, 0.6) is 0 Å². The average Bonchev–Trinajstić information content (AvgIpc) is 2.92. The molecule has 0 aromatic heterocycles. The SMILES string of the molecule is CC(C)C(=O)C(C)(CCCCC(CCCCC(C)(C(=O)C(C)C)N(C)C(C)C)(C(=O)C(C)C)N(C)C(C)C)N(C)C(C)C. The minimum atomic E-state index is -0.562. The average molecular weight is 608 g/mol. The summed E-state index contributed by atoms with van der Waals surface area (Å²) >= 11 is 0. The van der Waals surface area contributed by atoms with Crippen molar-refractivity contribution < 1.29 is 14.4 Å². The lowest BCUT2D eigenvalue weighted by Crippen LogP contribution is -2.57. The predicted molar refractivity (Wildman–Crippen MR) is 185 cm³/mol. The summed E-state index contributed by atoms with van der Waals surface area (Å²) in [7, 11) is 6.25. The zero-order valence-corrected chi connectivity index (χ0v) is 31.7. The molecule has 0 amide bonds. The highest BCUT2D eigenvalue weighted by molar-refractivity contribution is 5.91. The van der Waals surface area contributed by atoms with Crippen LogP contribution in [-0.2, 0) is 14.4 Å². The van der Waals surface area contributed by atoms with Crippen LogP contribution < -0.4 is 0 Å². The molecule has 2 unspecified atom stereocenters. The maximum atomic E-state index is 14.1. The molecule has 254 valence electrons. The number of unbranched alkanes of at least 4 members (excludes halogenated alkanes) is 2. The first-order valence-corrected chi connectivity index (χ1v) is 17.4. The van der Waals surface area contributed by atoms with E-state index in [9.17, 15) is 14.4 Å². The fraction of sp³-hybridized carbons (Fsp3) is 0.919. The van der Waals surface area contributed by atoms with E-state index in [1.165, 1.54) is 0 Å². The lowest BCUT2D eigenvalue weighted by atomic mass is 9.75. The molecule has 6 heteroatoms. The summed E-state index contributed by atoms with van der Waals surface area (Å²) in [6.07, 6.45) is 6.70. The van der Waals surface area contributed by atoms with Gasteiger partial charge in [-0.3, -0.25) is 29.1 Å². The summed E-state index contributed by atoms with van der Waals surface area (Å²) in [6.45, 7) is 29.2. The zero-order chi connectivity index (χ0) is 34.1. The summed E-state index contributed by atoms with van der Waals surface area (Å²) in [5.74, 6) is 0.770. The lowest BCUT2D eigenvalue weighted by molar-refractivity contribution is -0.137. The predicted octanol–water partition coefficient (Wildman–Crippen LogP) is 8.06. The summed E-state index contributed by atoms with van der Waals surface area (Å²) < 4.78 is 0. The van der Waals surface area contributed by atoms with E-state index in [0.717, 1.165) is 51.4 Å². The third-order valence-electron chi connectivity index (χ3n) is 10.7. The molecule has 0 saturated carbocycles. The number of carbonyl (C=O) groups is 3. The zero-order valence-electron chi connectivity index (χ0n) is 31.7. The van der Waals surface area contributed by atoms with Crippen LogP contribution in [0, 0.1) is 17.8 Å². The van der Waals surface area contributed by atoms with Crippen LogP contribution >= 0.6 is 0 Å². The number of hydrogen-bond acceptors (Lipinski definition) is 6. The van der Waals surface area contributed by atoms with Crippen molar-refractivity contribution in [2.45, 2.75) is 183 Å². The van der Waals surface area contributed by atoms with Crippen LogP contribution in [-0.4, -0.2) is 87.9 Å². The highest BCUT2D eigenvalue weighted by Gasteiger charge is 2.45. The largest absolute Gasteiger partial charge is 0.297 e. The molecule has 0 aliphatic carbocycles. The summed E-state index contributed by atoms with van der Waals surface area (Å²) in [5, 5.41) is 0. The second-order valence-electron chi connectivity index (χ2n) is 15.7. The van der Waals surface area contributed by atoms with Crippen LogP contribution in [0.15, 0.2) is 0 Å². The lowest BCUT2D eigenvalue weighted by Gasteiger charge is -2.45. The van der Waals surface area contributed by atoms with E-state index in [4.69, 9.17) is 0 Å². The van der Waals surface area contributed by atoms with Crippen LogP contribution in [0.1, 0.15) is 148 Å². The van der Waals surface area contributed by atoms with Crippen LogP contribution in [0.3, 0.4) is 0 Å². The maximum absolute atomic E-state index is 14.1. The van der Waals surface area contributed by atoms with E-state index < -0.39 is 16.6 Å². The molecule has 2 atom stereocenters. The van der Waals surface area contributed by atoms with Crippen molar-refractivity contribution in [3.05, 3.63) is 0 Å². The van der Waals surface area contributed by atoms with Gasteiger partial charge in [0.1, 0.15) is 0 Å². The molecule has 0 aliphatic heterocycles. The van der Waals surface area contributed by atoms with Gasteiger partial charge in [-0.15, -0.1) is 0 Å². The maximum Gasteiger partial charge on any atom is 0.155 e. The first-order valence-electron chi connectivity index (χ1n) is 17.4. The quantitative estimate of drug-likeness (QED) is 0.116. The molecular weight excluding hydrogens is 534 g/mol. The van der Waals surface area contributed by atoms with Crippen molar-refractivity contribution in [2.75, 3.05) is 21.1 Å². The highest BCUT2D eigenvalue weighted by atomic mass is 16.1. The number of ketones is 3. The summed E-state index contributed by atoms with van der Waals surface area (Å²) in [6, 6.07) is 0.760. The Bertz CT molecular complexity index is 826. The van der Waals surface area contributed by atoms with E-state index in [1.54, 1.807) is 0 Å². The molecule has 0 spiro atoms. The fourth-order valence-corrected chi connectivity index (χ4v) is 7.03. The smallest absolute Gasteiger partial charge is 0.155 e. The Labute approximate surface area is 268 Å². The van der Waals surface area contributed by atoms with Crippen molar-refractivity contribution >= 4 is 17.3 Å². The van der Waals surface area contributed by atoms with Gasteiger partial charge in [-0.25, -0.2) is 0 Å². The Morgan fingerprint density at radius 2 is 0.698 bits per heavy atom. The molecule has 0 radical (unpaired) electrons. The van der Waals surface area contributed by atoms with Gasteiger partial charge in [0, 0.05) is 35.9 Å². The Hall–Kier alpha value is -1.11. The van der Waals surface area contributed by atoms with Gasteiger partial charge in [-0.1, -0.05) is 67.2 Å². The van der Waals surface area contributed by atoms with Crippen molar-refractivity contribution in [3.8, 4) is 0 Å². The van der Waals surface area contributed by atoms with Gasteiger partial charge in [0.05, 0.1) is 16.6 Å². The standard InChI is InChI=1S/C37H73N3O3/c1-26(2)32(41)35(13,38(15)29(7)8)22-18-20-24-37(34(43)28(5)6,40(17)31(11)12)25-21-19-23-36(14,33(42)27(3)4)39(16)30(9)10/h26-31H,18-25H2,1-17H3. The molecule has 6 nitrogen and oxygen atoms in total. The van der Waals surface area contributed by atoms with Gasteiger partial charge in [0.25, 0.3) is 0 Å². The first-order chi connectivity index (χ1) is 19.5. The van der Waals surface area contributed by atoms with Gasteiger partial charge in [0.15, 0.2) is 17.3 Å². The molecule has 0 fully saturated rings. The van der Waals surface area contributed by atoms with Crippen molar-refractivity contribution in [3.63, 3.8) is 0 Å². The number of carbonyl (C=O) groups excluding carboxylic acids is 3. The van der Waals surface area contributed by atoms with Crippen LogP contribution in [0.25, 0.3) is 0 Å². The van der Waals surface area contributed by atoms with Crippen molar-refractivity contribution in [1.82, 2.24) is 14.7 Å². The Kier molecular flexibility index (Phi) is 17.1. The van der Waals surface area contributed by atoms with Crippen molar-refractivity contribution in [2.24, 2.45) is 17.8 Å². The second kappa shape index (κ2) is 17.5. The number of Topliss-reactive ketones (excluding diaryl/α,β-unsaturated/α-hetero) is 3. The molecule has 0 rings (SSSR count). The second-order valence-corrected chi connectivity index (χ2v) is 15.7. The minimum absolute atomic E-state index is 0.0251. The highest BCUT2D eigenvalue weighted by Crippen LogP contribution is 2.36. The molecule has 0 aromatic carbocycles. The number of nitrogens with zero attached hydrogens (tertiary/aromatic N) is 3. The van der Waals surface area contributed by atoms with E-state index >= 15 is 0 Å². The van der Waals surface area contributed by atoms with E-state index in [-0.39, 0.29) is 47.4 Å². The summed E-state index contributed by atoms with van der Waals surface area (Å²) in [4.78, 5) is 47.7. The van der Waals surface area contributed by atoms with E-state index in [2.05, 4.69) is 91.2 Å². The Morgan fingerprint density at radius 1 is 0.442 bits per heavy atom. The van der Waals surface area contributed by atoms with Gasteiger partial charge in [0.2, 0.25) is 0 Å². The Morgan fingerprint density at radius 3 is 0.930 bits per heavy atom. The molecule has 0 heterocycles. The van der Waals surface area contributed by atoms with Gasteiger partial charge < -0.3 is 0 Å². The van der Waals surface area contributed by atoms with Crippen LogP contribution in [0.4, 0.5) is 0 Å². The van der Waals surface area contributed by atoms with E-state index in [1.807, 2.05) is 41.5 Å². The van der Waals surface area contributed by atoms with Crippen molar-refractivity contribution in [1.29, 1.82) is 0 Å². The minimum Gasteiger partial charge on any atom is -0.297 e. The van der Waals surface area contributed by atoms with E-state index in [0.29, 0.717) is 5.78 Å². The molecular formula is C37H73N3O3. The Balaban J connectivity index is 6.13. The normalized spacial score (nSPS) is 17.2. The van der Waals surface area contributed by atoms with Crippen LogP contribution in [0.2, 0.25) is 0 Å². The monoisotopic (exact) mass is 608 g/mol. The van der Waals surface area contributed by atoms with Gasteiger partial charge >= 0.3 is 0 Å². The molecule has 0 saturated heterocycles. The third-order valence-corrected chi connectivity index (χ3v) is 10.7. The van der Waals surface area contributed by atoms with Gasteiger partial charge in [-0.05, 0) is 102 Å². The number of hydrogen-bond donors (Lipinski definition) is 0. The molecule has 0 bridgehead atoms. The first kappa shape index (κ1) is 41.9. The molecule has 43 heavy (non-hydrogen) atoms. The number of likely N-dealkylation sites (N-methyl/N-ethyl adjacent to an activating group) is 3.